The van der Waals surface area contributed by atoms with Crippen molar-refractivity contribution in [3.05, 3.63) is 0 Å². The number of ether oxygens (including phenoxy) is 2. The van der Waals surface area contributed by atoms with Crippen molar-refractivity contribution in [2.75, 3.05) is 13.2 Å². The molecule has 2 nitrogen and oxygen atoms in total. The Balaban J connectivity index is 3.98. The first-order chi connectivity index (χ1) is 11.0. The quantitative estimate of drug-likeness (QED) is 0.298. The van der Waals surface area contributed by atoms with Crippen molar-refractivity contribution in [2.45, 2.75) is 92.3 Å². The van der Waals surface area contributed by atoms with Gasteiger partial charge in [0, 0.05) is 31.1 Å². The minimum Gasteiger partial charge on any atom is -0.351 e. The fraction of sp³-hybridized carbons (Fsp3) is 0.810. The van der Waals surface area contributed by atoms with Crippen molar-refractivity contribution in [1.29, 1.82) is 0 Å². The van der Waals surface area contributed by atoms with Gasteiger partial charge in [-0.1, -0.05) is 47.5 Å². The first kappa shape index (κ1) is 22.0. The van der Waals surface area contributed by atoms with Crippen LogP contribution in [0, 0.1) is 29.1 Å². The van der Waals surface area contributed by atoms with Crippen molar-refractivity contribution in [3.8, 4) is 23.7 Å². The minimum absolute atomic E-state index is 0.0364. The Labute approximate surface area is 144 Å². The Kier molecular flexibility index (Phi) is 14.0. The maximum atomic E-state index is 5.89. The lowest BCUT2D eigenvalue weighted by Crippen LogP contribution is -2.32. The molecule has 0 aliphatic heterocycles. The van der Waals surface area contributed by atoms with E-state index >= 15 is 0 Å². The summed E-state index contributed by atoms with van der Waals surface area (Å²) in [6.07, 6.45) is 8.10. The summed E-state index contributed by atoms with van der Waals surface area (Å²) in [5.74, 6) is 12.7. The van der Waals surface area contributed by atoms with Gasteiger partial charge in [-0.2, -0.15) is 0 Å². The normalized spacial score (nSPS) is 10.9. The molecule has 0 bridgehead atoms. The Bertz CT molecular complexity index is 352. The summed E-state index contributed by atoms with van der Waals surface area (Å²) in [6.45, 7) is 12.0. The van der Waals surface area contributed by atoms with Crippen LogP contribution in [0.5, 0.6) is 0 Å². The molecule has 0 aromatic rings. The third kappa shape index (κ3) is 14.4. The van der Waals surface area contributed by atoms with Gasteiger partial charge in [-0.15, -0.1) is 23.7 Å². The van der Waals surface area contributed by atoms with E-state index in [0.717, 1.165) is 25.7 Å². The van der Waals surface area contributed by atoms with Crippen molar-refractivity contribution in [1.82, 2.24) is 0 Å². The van der Waals surface area contributed by atoms with Gasteiger partial charge in [-0.25, -0.2) is 0 Å². The zero-order valence-electron chi connectivity index (χ0n) is 16.0. The first-order valence-corrected chi connectivity index (χ1v) is 9.17. The minimum atomic E-state index is -0.197. The smallest absolute Gasteiger partial charge is 0.162 e. The second-order valence-corrected chi connectivity index (χ2v) is 6.85. The van der Waals surface area contributed by atoms with Crippen molar-refractivity contribution in [2.24, 2.45) is 5.41 Å². The number of rotatable bonds is 10. The maximum Gasteiger partial charge on any atom is 0.162 e. The molecule has 0 saturated heterocycles. The Morgan fingerprint density at radius 1 is 0.696 bits per heavy atom. The molecule has 0 N–H and O–H groups in total. The topological polar surface area (TPSA) is 18.5 Å². The van der Waals surface area contributed by atoms with Gasteiger partial charge < -0.3 is 9.47 Å². The highest BCUT2D eigenvalue weighted by molar-refractivity contribution is 4.99. The number of hydrogen-bond acceptors (Lipinski definition) is 2. The summed E-state index contributed by atoms with van der Waals surface area (Å²) < 4.78 is 11.8. The lowest BCUT2D eigenvalue weighted by Gasteiger charge is -2.30. The molecule has 2 heteroatoms. The summed E-state index contributed by atoms with van der Waals surface area (Å²) in [5, 5.41) is 0. The Morgan fingerprint density at radius 3 is 1.43 bits per heavy atom. The molecule has 0 atom stereocenters. The molecule has 0 aromatic carbocycles. The lowest BCUT2D eigenvalue weighted by atomic mass is 9.96. The van der Waals surface area contributed by atoms with E-state index in [1.54, 1.807) is 0 Å². The lowest BCUT2D eigenvalue weighted by molar-refractivity contribution is -0.192. The Hall–Kier alpha value is -0.960. The summed E-state index contributed by atoms with van der Waals surface area (Å²) in [4.78, 5) is 0. The van der Waals surface area contributed by atoms with Crippen molar-refractivity contribution < 1.29 is 9.47 Å². The molecule has 132 valence electrons. The maximum absolute atomic E-state index is 5.89. The third-order valence-corrected chi connectivity index (χ3v) is 3.26. The summed E-state index contributed by atoms with van der Waals surface area (Å²) in [7, 11) is 0. The van der Waals surface area contributed by atoms with Crippen LogP contribution in [-0.4, -0.2) is 19.5 Å². The molecule has 0 amide bonds. The van der Waals surface area contributed by atoms with Crippen LogP contribution in [0.25, 0.3) is 0 Å². The van der Waals surface area contributed by atoms with Gasteiger partial charge in [0.1, 0.15) is 0 Å². The molecule has 0 radical (unpaired) electrons. The largest absolute Gasteiger partial charge is 0.351 e. The van der Waals surface area contributed by atoms with Crippen LogP contribution in [0.4, 0.5) is 0 Å². The summed E-state index contributed by atoms with van der Waals surface area (Å²) >= 11 is 0. The SMILES string of the molecule is CCCCC#CCCOC(OCCC#CCCCC)C(C)(C)C. The monoisotopic (exact) mass is 320 g/mol. The molecule has 0 saturated carbocycles. The fourth-order valence-electron chi connectivity index (χ4n) is 1.87. The van der Waals surface area contributed by atoms with E-state index in [0.29, 0.717) is 13.2 Å². The zero-order chi connectivity index (χ0) is 17.4. The van der Waals surface area contributed by atoms with Gasteiger partial charge in [0.15, 0.2) is 6.29 Å². The average molecular weight is 321 g/mol. The second kappa shape index (κ2) is 14.6. The van der Waals surface area contributed by atoms with E-state index in [2.05, 4.69) is 58.3 Å². The predicted molar refractivity (Wildman–Crippen MR) is 99.0 cm³/mol. The zero-order valence-corrected chi connectivity index (χ0v) is 16.0. The van der Waals surface area contributed by atoms with Crippen LogP contribution in [0.2, 0.25) is 0 Å². The molecule has 0 aliphatic rings. The molecule has 0 fully saturated rings. The molecule has 0 spiro atoms. The average Bonchev–Trinajstić information content (AvgIpc) is 2.50. The summed E-state index contributed by atoms with van der Waals surface area (Å²) in [6, 6.07) is 0. The van der Waals surface area contributed by atoms with Gasteiger partial charge in [0.05, 0.1) is 13.2 Å². The van der Waals surface area contributed by atoms with Gasteiger partial charge >= 0.3 is 0 Å². The highest BCUT2D eigenvalue weighted by atomic mass is 16.7. The highest BCUT2D eigenvalue weighted by Gasteiger charge is 2.25. The van der Waals surface area contributed by atoms with Gasteiger partial charge in [-0.05, 0) is 12.8 Å². The van der Waals surface area contributed by atoms with Crippen molar-refractivity contribution in [3.63, 3.8) is 0 Å². The van der Waals surface area contributed by atoms with Crippen molar-refractivity contribution >= 4 is 0 Å². The standard InChI is InChI=1S/C21H36O2/c1-6-8-10-12-14-16-18-22-20(21(3,4)5)23-19-17-15-13-11-9-7-2/h20H,6-11,16-19H2,1-5H3. The van der Waals surface area contributed by atoms with Gasteiger partial charge in [0.25, 0.3) is 0 Å². The predicted octanol–water partition coefficient (Wildman–Crippen LogP) is 5.56. The van der Waals surface area contributed by atoms with E-state index in [9.17, 15) is 0 Å². The molecule has 23 heavy (non-hydrogen) atoms. The molecule has 0 aromatic heterocycles. The molecular weight excluding hydrogens is 284 g/mol. The van der Waals surface area contributed by atoms with Gasteiger partial charge in [0.2, 0.25) is 0 Å². The number of unbranched alkanes of at least 4 members (excludes halogenated alkanes) is 4. The van der Waals surface area contributed by atoms with Gasteiger partial charge in [-0.3, -0.25) is 0 Å². The Morgan fingerprint density at radius 2 is 1.09 bits per heavy atom. The summed E-state index contributed by atoms with van der Waals surface area (Å²) in [5.41, 5.74) is -0.0364. The van der Waals surface area contributed by atoms with Crippen LogP contribution in [0.15, 0.2) is 0 Å². The molecule has 0 rings (SSSR count). The molecule has 0 heterocycles. The molecular formula is C21H36O2. The van der Waals surface area contributed by atoms with Crippen LogP contribution >= 0.6 is 0 Å². The fourth-order valence-corrected chi connectivity index (χ4v) is 1.87. The van der Waals surface area contributed by atoms with E-state index in [-0.39, 0.29) is 11.7 Å². The van der Waals surface area contributed by atoms with Crippen LogP contribution < -0.4 is 0 Å². The third-order valence-electron chi connectivity index (χ3n) is 3.26. The van der Waals surface area contributed by atoms with Crippen LogP contribution in [0.3, 0.4) is 0 Å². The number of hydrogen-bond donors (Lipinski definition) is 0. The first-order valence-electron chi connectivity index (χ1n) is 9.17. The van der Waals surface area contributed by atoms with E-state index in [1.807, 2.05) is 0 Å². The van der Waals surface area contributed by atoms with Crippen LogP contribution in [-0.2, 0) is 9.47 Å². The van der Waals surface area contributed by atoms with E-state index in [4.69, 9.17) is 9.47 Å². The molecule has 0 unspecified atom stereocenters. The molecule has 0 aliphatic carbocycles. The van der Waals surface area contributed by atoms with E-state index < -0.39 is 0 Å². The second-order valence-electron chi connectivity index (χ2n) is 6.85. The van der Waals surface area contributed by atoms with Crippen LogP contribution in [0.1, 0.15) is 86.0 Å². The highest BCUT2D eigenvalue weighted by Crippen LogP contribution is 2.23. The van der Waals surface area contributed by atoms with E-state index in [1.165, 1.54) is 25.7 Å².